The van der Waals surface area contributed by atoms with E-state index in [0.29, 0.717) is 15.7 Å². The van der Waals surface area contributed by atoms with E-state index >= 15 is 0 Å². The molecule has 1 amide bonds. The van der Waals surface area contributed by atoms with E-state index in [9.17, 15) is 13.2 Å². The number of likely N-dealkylation sites (N-methyl/N-ethyl adjacent to an activating group) is 1. The van der Waals surface area contributed by atoms with Crippen LogP contribution in [0, 0.1) is 13.8 Å². The topological polar surface area (TPSA) is 92.5 Å². The molecule has 0 aliphatic heterocycles. The molecule has 0 spiro atoms. The minimum atomic E-state index is -3.90. The summed E-state index contributed by atoms with van der Waals surface area (Å²) in [5.41, 5.74) is 0.613. The molecule has 1 aromatic carbocycles. The predicted molar refractivity (Wildman–Crippen MR) is 90.9 cm³/mol. The Morgan fingerprint density at radius 1 is 1.25 bits per heavy atom. The van der Waals surface area contributed by atoms with Gasteiger partial charge in [0.05, 0.1) is 6.54 Å². The Morgan fingerprint density at radius 2 is 1.83 bits per heavy atom. The molecule has 0 bridgehead atoms. The van der Waals surface area contributed by atoms with Gasteiger partial charge in [0.25, 0.3) is 0 Å². The van der Waals surface area contributed by atoms with E-state index < -0.39 is 22.5 Å². The third-order valence-corrected chi connectivity index (χ3v) is 5.63. The summed E-state index contributed by atoms with van der Waals surface area (Å²) >= 11 is 11.7. The third-order valence-electron chi connectivity index (χ3n) is 3.15. The molecule has 2 aromatic rings. The standard InChI is InChI=1S/C14H15Cl2N3O4S/c1-8-14(9(2)23-18-8)24(21,22)19(3)7-13(20)17-12-5-10(15)4-11(16)6-12/h4-6H,7H2,1-3H3,(H,17,20). The number of hydrogen-bond donors (Lipinski definition) is 1. The summed E-state index contributed by atoms with van der Waals surface area (Å²) in [6.45, 7) is 2.62. The highest BCUT2D eigenvalue weighted by molar-refractivity contribution is 7.89. The van der Waals surface area contributed by atoms with E-state index in [4.69, 9.17) is 27.7 Å². The number of carbonyl (C=O) groups excluding carboxylic acids is 1. The molecule has 0 unspecified atom stereocenters. The molecule has 130 valence electrons. The van der Waals surface area contributed by atoms with Crippen LogP contribution >= 0.6 is 23.2 Å². The first-order valence-electron chi connectivity index (χ1n) is 6.76. The van der Waals surface area contributed by atoms with Crippen LogP contribution in [-0.4, -0.2) is 37.4 Å². The van der Waals surface area contributed by atoms with Crippen LogP contribution in [0.3, 0.4) is 0 Å². The molecule has 0 aliphatic carbocycles. The molecular weight excluding hydrogens is 377 g/mol. The molecule has 0 atom stereocenters. The molecule has 0 saturated carbocycles. The van der Waals surface area contributed by atoms with E-state index in [1.807, 2.05) is 0 Å². The highest BCUT2D eigenvalue weighted by Crippen LogP contribution is 2.24. The van der Waals surface area contributed by atoms with Crippen molar-refractivity contribution in [3.63, 3.8) is 0 Å². The van der Waals surface area contributed by atoms with Crippen LogP contribution in [0.2, 0.25) is 10.0 Å². The monoisotopic (exact) mass is 391 g/mol. The Morgan fingerprint density at radius 3 is 2.33 bits per heavy atom. The number of aromatic nitrogens is 1. The highest BCUT2D eigenvalue weighted by Gasteiger charge is 2.29. The van der Waals surface area contributed by atoms with Crippen LogP contribution in [-0.2, 0) is 14.8 Å². The molecule has 1 N–H and O–H groups in total. The molecule has 1 heterocycles. The first kappa shape index (κ1) is 18.7. The number of rotatable bonds is 5. The van der Waals surface area contributed by atoms with Crippen molar-refractivity contribution in [3.8, 4) is 0 Å². The summed E-state index contributed by atoms with van der Waals surface area (Å²) in [4.78, 5) is 12.1. The van der Waals surface area contributed by atoms with Crippen molar-refractivity contribution in [2.75, 3.05) is 18.9 Å². The van der Waals surface area contributed by atoms with Gasteiger partial charge < -0.3 is 9.84 Å². The lowest BCUT2D eigenvalue weighted by atomic mass is 10.3. The molecule has 0 fully saturated rings. The number of anilines is 1. The molecule has 7 nitrogen and oxygen atoms in total. The van der Waals surface area contributed by atoms with Crippen LogP contribution in [0.4, 0.5) is 5.69 Å². The second-order valence-corrected chi connectivity index (χ2v) is 7.98. The molecule has 0 saturated heterocycles. The van der Waals surface area contributed by atoms with Crippen molar-refractivity contribution >= 4 is 44.8 Å². The average molecular weight is 392 g/mol. The Bertz CT molecular complexity index is 840. The SMILES string of the molecule is Cc1noc(C)c1S(=O)(=O)N(C)CC(=O)Nc1cc(Cl)cc(Cl)c1. The Hall–Kier alpha value is -1.61. The number of nitrogens with zero attached hydrogens (tertiary/aromatic N) is 2. The fourth-order valence-electron chi connectivity index (χ4n) is 2.11. The van der Waals surface area contributed by atoms with Gasteiger partial charge in [-0.15, -0.1) is 0 Å². The number of hydrogen-bond acceptors (Lipinski definition) is 5. The smallest absolute Gasteiger partial charge is 0.248 e. The fraction of sp³-hybridized carbons (Fsp3) is 0.286. The first-order chi connectivity index (χ1) is 11.1. The molecule has 10 heteroatoms. The number of amides is 1. The number of halogens is 2. The minimum absolute atomic E-state index is 0.0383. The summed E-state index contributed by atoms with van der Waals surface area (Å²) in [7, 11) is -2.60. The van der Waals surface area contributed by atoms with E-state index in [-0.39, 0.29) is 16.3 Å². The zero-order valence-corrected chi connectivity index (χ0v) is 15.5. The van der Waals surface area contributed by atoms with Gasteiger partial charge in [-0.2, -0.15) is 4.31 Å². The molecule has 0 radical (unpaired) electrons. The van der Waals surface area contributed by atoms with Crippen LogP contribution < -0.4 is 5.32 Å². The van der Waals surface area contributed by atoms with Crippen LogP contribution in [0.1, 0.15) is 11.5 Å². The van der Waals surface area contributed by atoms with Gasteiger partial charge in [-0.1, -0.05) is 28.4 Å². The summed E-state index contributed by atoms with van der Waals surface area (Å²) in [5.74, 6) is -0.368. The van der Waals surface area contributed by atoms with Gasteiger partial charge in [-0.3, -0.25) is 4.79 Å². The van der Waals surface area contributed by atoms with Gasteiger partial charge in [-0.05, 0) is 32.0 Å². The van der Waals surface area contributed by atoms with E-state index in [2.05, 4.69) is 10.5 Å². The van der Waals surface area contributed by atoms with Crippen molar-refractivity contribution in [2.45, 2.75) is 18.7 Å². The fourth-order valence-corrected chi connectivity index (χ4v) is 4.05. The zero-order chi connectivity index (χ0) is 18.1. The lowest BCUT2D eigenvalue weighted by molar-refractivity contribution is -0.116. The summed E-state index contributed by atoms with van der Waals surface area (Å²) in [6, 6.07) is 4.54. The predicted octanol–water partition coefficient (Wildman–Crippen LogP) is 2.86. The Balaban J connectivity index is 2.14. The van der Waals surface area contributed by atoms with Gasteiger partial charge in [0.15, 0.2) is 5.76 Å². The second-order valence-electron chi connectivity index (χ2n) is 5.12. The van der Waals surface area contributed by atoms with Crippen molar-refractivity contribution in [3.05, 3.63) is 39.7 Å². The van der Waals surface area contributed by atoms with Gasteiger partial charge in [0.1, 0.15) is 10.6 Å². The molecule has 24 heavy (non-hydrogen) atoms. The van der Waals surface area contributed by atoms with Gasteiger partial charge in [0.2, 0.25) is 15.9 Å². The number of nitrogens with one attached hydrogen (secondary N) is 1. The largest absolute Gasteiger partial charge is 0.360 e. The van der Waals surface area contributed by atoms with E-state index in [1.54, 1.807) is 0 Å². The number of sulfonamides is 1. The third kappa shape index (κ3) is 4.07. The Labute approximate surface area is 149 Å². The van der Waals surface area contributed by atoms with Crippen molar-refractivity contribution in [2.24, 2.45) is 0 Å². The number of aryl methyl sites for hydroxylation is 2. The summed E-state index contributed by atoms with van der Waals surface area (Å²) in [5, 5.41) is 6.88. The lowest BCUT2D eigenvalue weighted by Gasteiger charge is -2.16. The van der Waals surface area contributed by atoms with Gasteiger partial charge in [-0.25, -0.2) is 8.42 Å². The lowest BCUT2D eigenvalue weighted by Crippen LogP contribution is -2.35. The molecular formula is C14H15Cl2N3O4S. The quantitative estimate of drug-likeness (QED) is 0.845. The summed E-state index contributed by atoms with van der Waals surface area (Å²) in [6.07, 6.45) is 0. The highest BCUT2D eigenvalue weighted by atomic mass is 35.5. The number of benzene rings is 1. The van der Waals surface area contributed by atoms with E-state index in [1.165, 1.54) is 39.1 Å². The maximum Gasteiger partial charge on any atom is 0.248 e. The van der Waals surface area contributed by atoms with Crippen LogP contribution in [0.25, 0.3) is 0 Å². The molecule has 0 aliphatic rings. The summed E-state index contributed by atoms with van der Waals surface area (Å²) < 4.78 is 30.9. The van der Waals surface area contributed by atoms with Gasteiger partial charge in [0, 0.05) is 22.8 Å². The van der Waals surface area contributed by atoms with Crippen molar-refractivity contribution in [1.82, 2.24) is 9.46 Å². The van der Waals surface area contributed by atoms with E-state index in [0.717, 1.165) is 4.31 Å². The normalized spacial score (nSPS) is 11.8. The van der Waals surface area contributed by atoms with Crippen molar-refractivity contribution in [1.29, 1.82) is 0 Å². The minimum Gasteiger partial charge on any atom is -0.360 e. The number of carbonyl (C=O) groups is 1. The average Bonchev–Trinajstić information content (AvgIpc) is 2.77. The Kier molecular flexibility index (Phi) is 5.54. The molecule has 2 rings (SSSR count). The molecule has 1 aromatic heterocycles. The maximum absolute atomic E-state index is 12.5. The van der Waals surface area contributed by atoms with Crippen LogP contribution in [0.15, 0.2) is 27.6 Å². The van der Waals surface area contributed by atoms with Crippen LogP contribution in [0.5, 0.6) is 0 Å². The van der Waals surface area contributed by atoms with Gasteiger partial charge >= 0.3 is 0 Å². The first-order valence-corrected chi connectivity index (χ1v) is 8.96. The second kappa shape index (κ2) is 7.10. The maximum atomic E-state index is 12.5. The zero-order valence-electron chi connectivity index (χ0n) is 13.1. The van der Waals surface area contributed by atoms with Crippen molar-refractivity contribution < 1.29 is 17.7 Å².